The van der Waals surface area contributed by atoms with E-state index in [-0.39, 0.29) is 0 Å². The van der Waals surface area contributed by atoms with Gasteiger partial charge in [-0.05, 0) is 47.0 Å². The zero-order valence-corrected chi connectivity index (χ0v) is 9.36. The van der Waals surface area contributed by atoms with Gasteiger partial charge in [0.05, 0.1) is 7.11 Å². The van der Waals surface area contributed by atoms with E-state index in [1.165, 1.54) is 21.9 Å². The van der Waals surface area contributed by atoms with Crippen LogP contribution in [0.3, 0.4) is 0 Å². The van der Waals surface area contributed by atoms with Gasteiger partial charge in [-0.15, -0.1) is 0 Å². The number of ether oxygens (including phenoxy) is 1. The van der Waals surface area contributed by atoms with Crippen LogP contribution in [-0.4, -0.2) is 13.7 Å². The lowest BCUT2D eigenvalue weighted by Crippen LogP contribution is -2.24. The van der Waals surface area contributed by atoms with Gasteiger partial charge in [0, 0.05) is 5.92 Å². The highest BCUT2D eigenvalue weighted by molar-refractivity contribution is 5.89. The molecule has 0 amide bonds. The first-order valence-corrected chi connectivity index (χ1v) is 5.63. The van der Waals surface area contributed by atoms with E-state index >= 15 is 0 Å². The predicted molar refractivity (Wildman–Crippen MR) is 66.0 cm³/mol. The minimum Gasteiger partial charge on any atom is -0.497 e. The number of rotatable bonds is 2. The van der Waals surface area contributed by atoms with Gasteiger partial charge in [0.2, 0.25) is 0 Å². The average Bonchev–Trinajstić information content (AvgIpc) is 2.29. The highest BCUT2D eigenvalue weighted by Gasteiger charge is 2.26. The van der Waals surface area contributed by atoms with Crippen molar-refractivity contribution >= 4 is 10.8 Å². The van der Waals surface area contributed by atoms with Gasteiger partial charge in [0.15, 0.2) is 0 Å². The second-order valence-electron chi connectivity index (χ2n) is 4.36. The molecule has 0 radical (unpaired) electrons. The van der Waals surface area contributed by atoms with E-state index in [2.05, 4.69) is 24.3 Å². The fourth-order valence-corrected chi connectivity index (χ4v) is 2.56. The summed E-state index contributed by atoms with van der Waals surface area (Å²) in [5, 5.41) is 2.61. The molecule has 1 aliphatic rings. The van der Waals surface area contributed by atoms with Crippen LogP contribution >= 0.6 is 0 Å². The van der Waals surface area contributed by atoms with Gasteiger partial charge in [-0.25, -0.2) is 0 Å². The van der Waals surface area contributed by atoms with Gasteiger partial charge in [0.1, 0.15) is 5.75 Å². The summed E-state index contributed by atoms with van der Waals surface area (Å²) < 4.78 is 5.23. The summed E-state index contributed by atoms with van der Waals surface area (Å²) in [7, 11) is 1.70. The first-order valence-electron chi connectivity index (χ1n) is 5.63. The van der Waals surface area contributed by atoms with E-state index in [0.29, 0.717) is 5.92 Å². The molecular weight excluding hydrogens is 198 g/mol. The van der Waals surface area contributed by atoms with Crippen molar-refractivity contribution in [2.75, 3.05) is 13.7 Å². The minimum absolute atomic E-state index is 0.571. The van der Waals surface area contributed by atoms with Crippen molar-refractivity contribution < 1.29 is 4.74 Å². The van der Waals surface area contributed by atoms with E-state index in [1.54, 1.807) is 7.11 Å². The molecule has 1 unspecified atom stereocenters. The molecule has 0 aromatic heterocycles. The lowest BCUT2D eigenvalue weighted by atomic mass is 9.75. The van der Waals surface area contributed by atoms with Crippen LogP contribution in [0, 0.1) is 0 Å². The third-order valence-electron chi connectivity index (χ3n) is 3.55. The number of fused-ring (bicyclic) bond motifs is 3. The zero-order valence-electron chi connectivity index (χ0n) is 9.36. The quantitative estimate of drug-likeness (QED) is 0.831. The maximum Gasteiger partial charge on any atom is 0.119 e. The molecule has 2 N–H and O–H groups in total. The lowest BCUT2D eigenvalue weighted by Gasteiger charge is -2.30. The second kappa shape index (κ2) is 3.49. The fourth-order valence-electron chi connectivity index (χ4n) is 2.56. The molecule has 2 heteroatoms. The second-order valence-corrected chi connectivity index (χ2v) is 4.36. The van der Waals surface area contributed by atoms with Gasteiger partial charge in [-0.3, -0.25) is 0 Å². The Labute approximate surface area is 95.0 Å². The Balaban J connectivity index is 2.17. The van der Waals surface area contributed by atoms with Crippen LogP contribution < -0.4 is 10.5 Å². The molecule has 2 aromatic carbocycles. The predicted octanol–water partition coefficient (Wildman–Crippen LogP) is 2.45. The molecule has 0 bridgehead atoms. The van der Waals surface area contributed by atoms with Crippen LogP contribution in [-0.2, 0) is 6.42 Å². The lowest BCUT2D eigenvalue weighted by molar-refractivity contribution is 0.415. The van der Waals surface area contributed by atoms with Gasteiger partial charge < -0.3 is 10.5 Å². The number of hydrogen-bond acceptors (Lipinski definition) is 2. The van der Waals surface area contributed by atoms with Gasteiger partial charge >= 0.3 is 0 Å². The Bertz CT molecular complexity index is 548. The summed E-state index contributed by atoms with van der Waals surface area (Å²) in [6.07, 6.45) is 1.12. The van der Waals surface area contributed by atoms with Gasteiger partial charge in [-0.1, -0.05) is 18.2 Å². The summed E-state index contributed by atoms with van der Waals surface area (Å²) in [5.41, 5.74) is 8.62. The third-order valence-corrected chi connectivity index (χ3v) is 3.55. The molecule has 0 aliphatic heterocycles. The molecule has 3 rings (SSSR count). The monoisotopic (exact) mass is 213 g/mol. The van der Waals surface area contributed by atoms with Crippen molar-refractivity contribution in [2.24, 2.45) is 5.73 Å². The molecule has 0 saturated carbocycles. The first kappa shape index (κ1) is 9.67. The topological polar surface area (TPSA) is 35.2 Å². The molecule has 0 fully saturated rings. The summed E-state index contributed by atoms with van der Waals surface area (Å²) in [5.74, 6) is 1.49. The zero-order chi connectivity index (χ0) is 11.1. The summed E-state index contributed by atoms with van der Waals surface area (Å²) in [4.78, 5) is 0. The Kier molecular flexibility index (Phi) is 2.11. The van der Waals surface area contributed by atoms with E-state index in [0.717, 1.165) is 18.7 Å². The smallest absolute Gasteiger partial charge is 0.119 e. The van der Waals surface area contributed by atoms with Gasteiger partial charge in [0.25, 0.3) is 0 Å². The van der Waals surface area contributed by atoms with Crippen LogP contribution in [0.5, 0.6) is 5.75 Å². The van der Waals surface area contributed by atoms with Crippen LogP contribution in [0.2, 0.25) is 0 Å². The van der Waals surface area contributed by atoms with Crippen LogP contribution in [0.25, 0.3) is 10.8 Å². The van der Waals surface area contributed by atoms with E-state index in [9.17, 15) is 0 Å². The van der Waals surface area contributed by atoms with Crippen LogP contribution in [0.1, 0.15) is 17.0 Å². The molecule has 1 atom stereocenters. The SMILES string of the molecule is COc1ccc2c3c(ccc2c1)C(CN)C3. The first-order chi connectivity index (χ1) is 7.83. The van der Waals surface area contributed by atoms with E-state index in [4.69, 9.17) is 10.5 Å². The van der Waals surface area contributed by atoms with E-state index in [1.807, 2.05) is 6.07 Å². The van der Waals surface area contributed by atoms with Crippen molar-refractivity contribution in [3.8, 4) is 5.75 Å². The highest BCUT2D eigenvalue weighted by Crippen LogP contribution is 2.39. The molecule has 16 heavy (non-hydrogen) atoms. The van der Waals surface area contributed by atoms with Crippen molar-refractivity contribution in [3.05, 3.63) is 41.5 Å². The van der Waals surface area contributed by atoms with Crippen LogP contribution in [0.4, 0.5) is 0 Å². The standard InChI is InChI=1S/C14H15NO/c1-16-11-3-5-12-9(6-11)2-4-13-10(8-15)7-14(12)13/h2-6,10H,7-8,15H2,1H3. The van der Waals surface area contributed by atoms with Crippen molar-refractivity contribution in [1.29, 1.82) is 0 Å². The maximum atomic E-state index is 5.72. The Morgan fingerprint density at radius 1 is 1.31 bits per heavy atom. The molecule has 82 valence electrons. The number of nitrogens with two attached hydrogens (primary N) is 1. The maximum absolute atomic E-state index is 5.72. The highest BCUT2D eigenvalue weighted by atomic mass is 16.5. The Hall–Kier alpha value is -1.54. The van der Waals surface area contributed by atoms with Crippen LogP contribution in [0.15, 0.2) is 30.3 Å². The number of methoxy groups -OCH3 is 1. The third kappa shape index (κ3) is 1.23. The molecule has 0 saturated heterocycles. The largest absolute Gasteiger partial charge is 0.497 e. The summed E-state index contributed by atoms with van der Waals surface area (Å²) in [6, 6.07) is 10.6. The summed E-state index contributed by atoms with van der Waals surface area (Å²) >= 11 is 0. The molecule has 0 spiro atoms. The Morgan fingerprint density at radius 2 is 2.19 bits per heavy atom. The van der Waals surface area contributed by atoms with Crippen molar-refractivity contribution in [2.45, 2.75) is 12.3 Å². The van der Waals surface area contributed by atoms with Crippen molar-refractivity contribution in [3.63, 3.8) is 0 Å². The molecule has 2 aromatic rings. The van der Waals surface area contributed by atoms with E-state index < -0.39 is 0 Å². The summed E-state index contributed by atoms with van der Waals surface area (Å²) in [6.45, 7) is 0.759. The number of benzene rings is 2. The fraction of sp³-hybridized carbons (Fsp3) is 0.286. The normalized spacial score (nSPS) is 18.0. The number of hydrogen-bond donors (Lipinski definition) is 1. The molecule has 1 aliphatic carbocycles. The van der Waals surface area contributed by atoms with Gasteiger partial charge in [-0.2, -0.15) is 0 Å². The molecule has 0 heterocycles. The minimum atomic E-state index is 0.571. The molecular formula is C14H15NO. The average molecular weight is 213 g/mol. The Morgan fingerprint density at radius 3 is 2.94 bits per heavy atom. The molecule has 2 nitrogen and oxygen atoms in total. The van der Waals surface area contributed by atoms with Crippen molar-refractivity contribution in [1.82, 2.24) is 0 Å².